The van der Waals surface area contributed by atoms with Crippen molar-refractivity contribution in [2.75, 3.05) is 11.1 Å². The number of carbonyl (C=O) groups excluding carboxylic acids is 1. The Bertz CT molecular complexity index is 807. The third-order valence-electron chi connectivity index (χ3n) is 2.98. The van der Waals surface area contributed by atoms with Crippen molar-refractivity contribution in [3.63, 3.8) is 0 Å². The predicted octanol–water partition coefficient (Wildman–Crippen LogP) is 3.97. The molecule has 0 aliphatic rings. The van der Waals surface area contributed by atoms with Gasteiger partial charge in [-0.25, -0.2) is 4.98 Å². The first-order chi connectivity index (χ1) is 11.2. The Morgan fingerprint density at radius 2 is 1.87 bits per heavy atom. The predicted molar refractivity (Wildman–Crippen MR) is 95.3 cm³/mol. The number of nitrogens with zero attached hydrogens (tertiary/aromatic N) is 2. The number of H-pyrrole nitrogens is 1. The lowest BCUT2D eigenvalue weighted by Crippen LogP contribution is -2.13. The van der Waals surface area contributed by atoms with Crippen LogP contribution in [0, 0.1) is 0 Å². The molecule has 0 saturated carbocycles. The number of hydrogen-bond donors (Lipinski definition) is 2. The molecule has 3 aromatic rings. The molecular formula is C16H13BrN4OS. The van der Waals surface area contributed by atoms with Gasteiger partial charge in [0.25, 0.3) is 0 Å². The molecule has 5 nitrogen and oxygen atoms in total. The first-order valence-corrected chi connectivity index (χ1v) is 8.65. The first kappa shape index (κ1) is 15.8. The molecule has 2 aromatic carbocycles. The summed E-state index contributed by atoms with van der Waals surface area (Å²) in [6.45, 7) is 0. The minimum atomic E-state index is -0.0894. The third-order valence-corrected chi connectivity index (χ3v) is 4.52. The van der Waals surface area contributed by atoms with E-state index in [0.29, 0.717) is 11.0 Å². The summed E-state index contributed by atoms with van der Waals surface area (Å²) >= 11 is 4.77. The van der Waals surface area contributed by atoms with Gasteiger partial charge in [0.2, 0.25) is 11.1 Å². The standard InChI is InChI=1S/C16H13BrN4OS/c17-13-9-5-4-8-12(13)15-19-16(21-20-15)23-10-14(22)18-11-6-2-1-3-7-11/h1-9H,10H2,(H,18,22)(H,19,20,21). The van der Waals surface area contributed by atoms with Gasteiger partial charge in [-0.2, -0.15) is 0 Å². The fourth-order valence-corrected chi connectivity index (χ4v) is 3.00. The molecular weight excluding hydrogens is 376 g/mol. The van der Waals surface area contributed by atoms with E-state index in [1.54, 1.807) is 0 Å². The van der Waals surface area contributed by atoms with Crippen LogP contribution in [0.4, 0.5) is 5.69 Å². The maximum atomic E-state index is 11.9. The van der Waals surface area contributed by atoms with Gasteiger partial charge in [0.05, 0.1) is 5.75 Å². The molecule has 116 valence electrons. The van der Waals surface area contributed by atoms with Gasteiger partial charge < -0.3 is 5.32 Å². The molecule has 0 atom stereocenters. The molecule has 0 aliphatic heterocycles. The SMILES string of the molecule is O=C(CSc1n[nH]c(-c2ccccc2Br)n1)Nc1ccccc1. The van der Waals surface area contributed by atoms with Gasteiger partial charge in [-0.1, -0.05) is 64.1 Å². The molecule has 0 saturated heterocycles. The normalized spacial score (nSPS) is 10.5. The van der Waals surface area contributed by atoms with Crippen LogP contribution in [0.15, 0.2) is 64.2 Å². The lowest BCUT2D eigenvalue weighted by molar-refractivity contribution is -0.113. The number of benzene rings is 2. The van der Waals surface area contributed by atoms with E-state index < -0.39 is 0 Å². The molecule has 0 aliphatic carbocycles. The van der Waals surface area contributed by atoms with Crippen LogP contribution < -0.4 is 5.32 Å². The summed E-state index contributed by atoms with van der Waals surface area (Å²) in [5, 5.41) is 10.4. The lowest BCUT2D eigenvalue weighted by atomic mass is 10.2. The number of nitrogens with one attached hydrogen (secondary N) is 2. The van der Waals surface area contributed by atoms with E-state index in [1.165, 1.54) is 11.8 Å². The molecule has 0 fully saturated rings. The van der Waals surface area contributed by atoms with Crippen molar-refractivity contribution >= 4 is 39.3 Å². The quantitative estimate of drug-likeness (QED) is 0.648. The summed E-state index contributed by atoms with van der Waals surface area (Å²) in [5.41, 5.74) is 1.71. The topological polar surface area (TPSA) is 70.7 Å². The summed E-state index contributed by atoms with van der Waals surface area (Å²) in [7, 11) is 0. The Balaban J connectivity index is 1.59. The van der Waals surface area contributed by atoms with Crippen LogP contribution in [-0.4, -0.2) is 26.8 Å². The van der Waals surface area contributed by atoms with E-state index in [4.69, 9.17) is 0 Å². The van der Waals surface area contributed by atoms with Gasteiger partial charge in [-0.15, -0.1) is 5.10 Å². The number of rotatable bonds is 5. The number of amides is 1. The Hall–Kier alpha value is -2.12. The van der Waals surface area contributed by atoms with Gasteiger partial charge in [-0.3, -0.25) is 9.89 Å². The fraction of sp³-hybridized carbons (Fsp3) is 0.0625. The van der Waals surface area contributed by atoms with Crippen molar-refractivity contribution in [1.29, 1.82) is 0 Å². The monoisotopic (exact) mass is 388 g/mol. The van der Waals surface area contributed by atoms with Crippen LogP contribution in [0.25, 0.3) is 11.4 Å². The van der Waals surface area contributed by atoms with Crippen LogP contribution in [-0.2, 0) is 4.79 Å². The van der Waals surface area contributed by atoms with E-state index in [1.807, 2.05) is 54.6 Å². The fourth-order valence-electron chi connectivity index (χ4n) is 1.93. The Morgan fingerprint density at radius 3 is 2.65 bits per heavy atom. The number of halogens is 1. The molecule has 1 amide bonds. The molecule has 1 aromatic heterocycles. The van der Waals surface area contributed by atoms with Crippen LogP contribution in [0.3, 0.4) is 0 Å². The van der Waals surface area contributed by atoms with Crippen molar-refractivity contribution in [2.24, 2.45) is 0 Å². The van der Waals surface area contributed by atoms with Crippen LogP contribution in [0.1, 0.15) is 0 Å². The number of aromatic nitrogens is 3. The van der Waals surface area contributed by atoms with Gasteiger partial charge in [0.15, 0.2) is 5.82 Å². The van der Waals surface area contributed by atoms with Crippen LogP contribution in [0.2, 0.25) is 0 Å². The molecule has 7 heteroatoms. The maximum absolute atomic E-state index is 11.9. The summed E-state index contributed by atoms with van der Waals surface area (Å²) in [6.07, 6.45) is 0. The highest BCUT2D eigenvalue weighted by molar-refractivity contribution is 9.10. The molecule has 23 heavy (non-hydrogen) atoms. The molecule has 3 rings (SSSR count). The average molecular weight is 389 g/mol. The van der Waals surface area contributed by atoms with Gasteiger partial charge >= 0.3 is 0 Å². The molecule has 2 N–H and O–H groups in total. The maximum Gasteiger partial charge on any atom is 0.234 e. The number of anilines is 1. The van der Waals surface area contributed by atoms with Gasteiger partial charge in [-0.05, 0) is 18.2 Å². The van der Waals surface area contributed by atoms with Crippen molar-refractivity contribution in [3.8, 4) is 11.4 Å². The number of hydrogen-bond acceptors (Lipinski definition) is 4. The minimum Gasteiger partial charge on any atom is -0.325 e. The largest absolute Gasteiger partial charge is 0.325 e. The van der Waals surface area contributed by atoms with Crippen molar-refractivity contribution in [1.82, 2.24) is 15.2 Å². The summed E-state index contributed by atoms with van der Waals surface area (Å²) in [4.78, 5) is 16.3. The van der Waals surface area contributed by atoms with Crippen LogP contribution in [0.5, 0.6) is 0 Å². The molecule has 1 heterocycles. The number of para-hydroxylation sites is 1. The van der Waals surface area contributed by atoms with Crippen molar-refractivity contribution in [3.05, 3.63) is 59.1 Å². The minimum absolute atomic E-state index is 0.0894. The summed E-state index contributed by atoms with van der Waals surface area (Å²) < 4.78 is 0.939. The van der Waals surface area contributed by atoms with E-state index in [2.05, 4.69) is 36.4 Å². The van der Waals surface area contributed by atoms with E-state index in [0.717, 1.165) is 15.7 Å². The summed E-state index contributed by atoms with van der Waals surface area (Å²) in [5.74, 6) is 0.833. The molecule has 0 bridgehead atoms. The second-order valence-electron chi connectivity index (χ2n) is 4.65. The Morgan fingerprint density at radius 1 is 1.13 bits per heavy atom. The van der Waals surface area contributed by atoms with E-state index in [9.17, 15) is 4.79 Å². The summed E-state index contributed by atoms with van der Waals surface area (Å²) in [6, 6.07) is 17.1. The Kier molecular flexibility index (Phi) is 5.09. The first-order valence-electron chi connectivity index (χ1n) is 6.87. The highest BCUT2D eigenvalue weighted by Gasteiger charge is 2.10. The van der Waals surface area contributed by atoms with Crippen LogP contribution >= 0.6 is 27.7 Å². The zero-order valence-corrected chi connectivity index (χ0v) is 14.4. The molecule has 0 radical (unpaired) electrons. The average Bonchev–Trinajstić information content (AvgIpc) is 3.03. The number of carbonyl (C=O) groups is 1. The highest BCUT2D eigenvalue weighted by atomic mass is 79.9. The lowest BCUT2D eigenvalue weighted by Gasteiger charge is -2.02. The second-order valence-corrected chi connectivity index (χ2v) is 6.45. The third kappa shape index (κ3) is 4.20. The Labute approximate surface area is 146 Å². The second kappa shape index (κ2) is 7.43. The highest BCUT2D eigenvalue weighted by Crippen LogP contribution is 2.26. The van der Waals surface area contributed by atoms with Crippen molar-refractivity contribution < 1.29 is 4.79 Å². The van der Waals surface area contributed by atoms with E-state index in [-0.39, 0.29) is 11.7 Å². The van der Waals surface area contributed by atoms with Gasteiger partial charge in [0, 0.05) is 15.7 Å². The number of thioether (sulfide) groups is 1. The number of aromatic amines is 1. The zero-order valence-electron chi connectivity index (χ0n) is 12.0. The smallest absolute Gasteiger partial charge is 0.234 e. The van der Waals surface area contributed by atoms with E-state index >= 15 is 0 Å². The van der Waals surface area contributed by atoms with Gasteiger partial charge in [0.1, 0.15) is 0 Å². The molecule has 0 unspecified atom stereocenters. The molecule has 0 spiro atoms. The van der Waals surface area contributed by atoms with Crippen molar-refractivity contribution in [2.45, 2.75) is 5.16 Å². The zero-order chi connectivity index (χ0) is 16.1.